The van der Waals surface area contributed by atoms with E-state index in [4.69, 9.17) is 0 Å². The largest absolute Gasteiger partial charge is 0.340 e. The molecule has 0 spiro atoms. The second-order valence-corrected chi connectivity index (χ2v) is 4.50. The van der Waals surface area contributed by atoms with E-state index in [1.807, 2.05) is 0 Å². The zero-order valence-corrected chi connectivity index (χ0v) is 8.75. The van der Waals surface area contributed by atoms with E-state index >= 15 is 0 Å². The lowest BCUT2D eigenvalue weighted by atomic mass is 9.88. The first-order chi connectivity index (χ1) is 7.08. The van der Waals surface area contributed by atoms with Crippen molar-refractivity contribution in [2.24, 2.45) is 5.92 Å². The summed E-state index contributed by atoms with van der Waals surface area (Å²) in [5.41, 5.74) is 0. The molecule has 0 saturated carbocycles. The average molecular weight is 218 g/mol. The van der Waals surface area contributed by atoms with Gasteiger partial charge in [-0.2, -0.15) is 0 Å². The maximum Gasteiger partial charge on any atom is 0.255 e. The lowest BCUT2D eigenvalue weighted by molar-refractivity contribution is -0.136. The van der Waals surface area contributed by atoms with Crippen molar-refractivity contribution in [3.8, 4) is 0 Å². The van der Waals surface area contributed by atoms with E-state index in [2.05, 4.69) is 5.32 Å². The van der Waals surface area contributed by atoms with Gasteiger partial charge in [0.05, 0.1) is 12.5 Å². The number of halogens is 2. The third-order valence-corrected chi connectivity index (χ3v) is 3.41. The zero-order valence-electron chi connectivity index (χ0n) is 8.75. The van der Waals surface area contributed by atoms with E-state index in [9.17, 15) is 13.6 Å². The van der Waals surface area contributed by atoms with Gasteiger partial charge in [0.2, 0.25) is 5.91 Å². The first kappa shape index (κ1) is 10.8. The van der Waals surface area contributed by atoms with Crippen LogP contribution in [0.2, 0.25) is 0 Å². The highest BCUT2D eigenvalue weighted by atomic mass is 19.3. The first-order valence-electron chi connectivity index (χ1n) is 5.37. The Balaban J connectivity index is 1.91. The third kappa shape index (κ3) is 2.12. The summed E-state index contributed by atoms with van der Waals surface area (Å²) in [6, 6.07) is 0.659. The van der Waals surface area contributed by atoms with Crippen molar-refractivity contribution in [2.75, 3.05) is 13.6 Å². The minimum atomic E-state index is -2.44. The van der Waals surface area contributed by atoms with Crippen LogP contribution in [0.5, 0.6) is 0 Å². The fraction of sp³-hybridized carbons (Fsp3) is 0.900. The molecule has 2 bridgehead atoms. The molecule has 2 heterocycles. The van der Waals surface area contributed by atoms with Crippen molar-refractivity contribution >= 4 is 5.91 Å². The van der Waals surface area contributed by atoms with E-state index < -0.39 is 13.0 Å². The van der Waals surface area contributed by atoms with Crippen molar-refractivity contribution in [1.82, 2.24) is 10.2 Å². The van der Waals surface area contributed by atoms with Crippen molar-refractivity contribution in [3.63, 3.8) is 0 Å². The summed E-state index contributed by atoms with van der Waals surface area (Å²) in [5, 5.41) is 3.33. The fourth-order valence-electron chi connectivity index (χ4n) is 2.68. The molecule has 0 aromatic rings. The summed E-state index contributed by atoms with van der Waals surface area (Å²) in [6.45, 7) is -0.452. The monoisotopic (exact) mass is 218 g/mol. The molecule has 0 radical (unpaired) electrons. The Morgan fingerprint density at radius 3 is 2.73 bits per heavy atom. The van der Waals surface area contributed by atoms with Gasteiger partial charge in [-0.1, -0.05) is 0 Å². The molecule has 1 N–H and O–H groups in total. The molecule has 3 atom stereocenters. The summed E-state index contributed by atoms with van der Waals surface area (Å²) in [7, 11) is 1.46. The molecular weight excluding hydrogens is 202 g/mol. The van der Waals surface area contributed by atoms with E-state index in [-0.39, 0.29) is 17.9 Å². The van der Waals surface area contributed by atoms with Gasteiger partial charge in [-0.15, -0.1) is 0 Å². The molecule has 2 aliphatic heterocycles. The minimum Gasteiger partial charge on any atom is -0.340 e. The summed E-state index contributed by atoms with van der Waals surface area (Å²) in [5.74, 6) is -0.206. The average Bonchev–Trinajstić information content (AvgIpc) is 2.76. The Morgan fingerprint density at radius 1 is 1.53 bits per heavy atom. The predicted octanol–water partition coefficient (Wildman–Crippen LogP) is 0.850. The van der Waals surface area contributed by atoms with Crippen LogP contribution in [0.25, 0.3) is 0 Å². The zero-order chi connectivity index (χ0) is 11.0. The molecule has 2 fully saturated rings. The van der Waals surface area contributed by atoms with Gasteiger partial charge in [0, 0.05) is 19.1 Å². The Morgan fingerprint density at radius 2 is 2.27 bits per heavy atom. The maximum atomic E-state index is 12.1. The Hall–Kier alpha value is -0.710. The number of nitrogens with zero attached hydrogens (tertiary/aromatic N) is 1. The van der Waals surface area contributed by atoms with E-state index in [1.165, 1.54) is 7.05 Å². The normalized spacial score (nSPS) is 33.7. The fourth-order valence-corrected chi connectivity index (χ4v) is 2.68. The number of nitrogens with one attached hydrogen (secondary N) is 1. The molecule has 2 saturated heterocycles. The van der Waals surface area contributed by atoms with E-state index in [0.29, 0.717) is 6.04 Å². The lowest BCUT2D eigenvalue weighted by Crippen LogP contribution is -2.40. The van der Waals surface area contributed by atoms with Crippen LogP contribution in [0.1, 0.15) is 19.3 Å². The SMILES string of the molecule is CN(CC(F)F)C(=O)C1CC2CCC1N2. The summed E-state index contributed by atoms with van der Waals surface area (Å²) < 4.78 is 24.2. The number of carbonyl (C=O) groups is 1. The predicted molar refractivity (Wildman–Crippen MR) is 51.7 cm³/mol. The van der Waals surface area contributed by atoms with Crippen LogP contribution in [-0.4, -0.2) is 42.9 Å². The summed E-state index contributed by atoms with van der Waals surface area (Å²) in [6.07, 6.45) is 0.499. The Labute approximate surface area is 87.8 Å². The van der Waals surface area contributed by atoms with Gasteiger partial charge in [0.15, 0.2) is 0 Å². The molecule has 2 rings (SSSR count). The third-order valence-electron chi connectivity index (χ3n) is 3.41. The lowest BCUT2D eigenvalue weighted by Gasteiger charge is -2.25. The number of hydrogen-bond donors (Lipinski definition) is 1. The molecule has 0 aliphatic carbocycles. The van der Waals surface area contributed by atoms with Gasteiger partial charge in [-0.05, 0) is 19.3 Å². The van der Waals surface area contributed by atoms with Crippen LogP contribution in [0.4, 0.5) is 8.78 Å². The highest BCUT2D eigenvalue weighted by Crippen LogP contribution is 2.34. The molecule has 0 aromatic carbocycles. The highest BCUT2D eigenvalue weighted by Gasteiger charge is 2.43. The molecule has 15 heavy (non-hydrogen) atoms. The standard InChI is InChI=1S/C10H16F2N2O/c1-14(5-9(11)12)10(15)7-4-6-2-3-8(7)13-6/h6-9,13H,2-5H2,1H3. The van der Waals surface area contributed by atoms with Gasteiger partial charge in [0.1, 0.15) is 0 Å². The first-order valence-corrected chi connectivity index (χ1v) is 5.37. The molecular formula is C10H16F2N2O. The van der Waals surface area contributed by atoms with Gasteiger partial charge in [-0.25, -0.2) is 8.78 Å². The number of alkyl halides is 2. The van der Waals surface area contributed by atoms with Gasteiger partial charge in [-0.3, -0.25) is 4.79 Å². The molecule has 3 nitrogen and oxygen atoms in total. The highest BCUT2D eigenvalue weighted by molar-refractivity contribution is 5.80. The summed E-state index contributed by atoms with van der Waals surface area (Å²) >= 11 is 0. The van der Waals surface area contributed by atoms with Crippen molar-refractivity contribution in [3.05, 3.63) is 0 Å². The molecule has 1 amide bonds. The number of rotatable bonds is 3. The van der Waals surface area contributed by atoms with E-state index in [1.54, 1.807) is 0 Å². The number of carbonyl (C=O) groups excluding carboxylic acids is 1. The van der Waals surface area contributed by atoms with Crippen LogP contribution < -0.4 is 5.32 Å². The number of hydrogen-bond acceptors (Lipinski definition) is 2. The summed E-state index contributed by atoms with van der Waals surface area (Å²) in [4.78, 5) is 13.0. The molecule has 2 aliphatic rings. The Bertz CT molecular complexity index is 260. The molecule has 0 aromatic heterocycles. The quantitative estimate of drug-likeness (QED) is 0.761. The van der Waals surface area contributed by atoms with Crippen LogP contribution in [0, 0.1) is 5.92 Å². The second kappa shape index (κ2) is 4.04. The van der Waals surface area contributed by atoms with Crippen LogP contribution in [-0.2, 0) is 4.79 Å². The van der Waals surface area contributed by atoms with Gasteiger partial charge in [0.25, 0.3) is 6.43 Å². The molecule has 5 heteroatoms. The second-order valence-electron chi connectivity index (χ2n) is 4.50. The van der Waals surface area contributed by atoms with Crippen LogP contribution in [0.3, 0.4) is 0 Å². The van der Waals surface area contributed by atoms with Gasteiger partial charge >= 0.3 is 0 Å². The molecule has 3 unspecified atom stereocenters. The molecule has 86 valence electrons. The minimum absolute atomic E-state index is 0.0764. The van der Waals surface area contributed by atoms with Crippen molar-refractivity contribution < 1.29 is 13.6 Å². The van der Waals surface area contributed by atoms with Gasteiger partial charge < -0.3 is 10.2 Å². The van der Waals surface area contributed by atoms with Crippen molar-refractivity contribution in [2.45, 2.75) is 37.8 Å². The van der Waals surface area contributed by atoms with Crippen LogP contribution >= 0.6 is 0 Å². The van der Waals surface area contributed by atoms with E-state index in [0.717, 1.165) is 24.2 Å². The van der Waals surface area contributed by atoms with Crippen molar-refractivity contribution in [1.29, 1.82) is 0 Å². The smallest absolute Gasteiger partial charge is 0.255 e. The maximum absolute atomic E-state index is 12.1. The number of amides is 1. The topological polar surface area (TPSA) is 32.3 Å². The number of fused-ring (bicyclic) bond motifs is 2. The van der Waals surface area contributed by atoms with Crippen LogP contribution in [0.15, 0.2) is 0 Å². The Kier molecular flexibility index (Phi) is 2.91.